The first kappa shape index (κ1) is 30.8. The molecule has 2 aliphatic rings. The highest BCUT2D eigenvalue weighted by Crippen LogP contribution is 2.44. The Bertz CT molecular complexity index is 1370. The summed E-state index contributed by atoms with van der Waals surface area (Å²) >= 11 is 0. The van der Waals surface area contributed by atoms with Crippen molar-refractivity contribution in [2.45, 2.75) is 56.5 Å². The molecule has 2 unspecified atom stereocenters. The lowest BCUT2D eigenvalue weighted by Gasteiger charge is -2.36. The second-order valence-electron chi connectivity index (χ2n) is 11.9. The highest BCUT2D eigenvalue weighted by molar-refractivity contribution is 5.96. The molecule has 9 nitrogen and oxygen atoms in total. The fourth-order valence-electron chi connectivity index (χ4n) is 6.36. The molecule has 9 heteroatoms. The molecule has 222 valence electrons. The average Bonchev–Trinajstić information content (AvgIpc) is 3.40. The summed E-state index contributed by atoms with van der Waals surface area (Å²) in [6.45, 7) is 6.80. The van der Waals surface area contributed by atoms with Gasteiger partial charge in [-0.05, 0) is 85.0 Å². The fraction of sp³-hybridized carbons (Fsp3) is 0.455. The minimum absolute atomic E-state index is 0.0613. The summed E-state index contributed by atoms with van der Waals surface area (Å²) in [6, 6.07) is 13.1. The Hall–Kier alpha value is -4.16. The van der Waals surface area contributed by atoms with Crippen LogP contribution in [0.5, 0.6) is 0 Å². The van der Waals surface area contributed by atoms with Gasteiger partial charge >= 0.3 is 0 Å². The molecule has 0 bridgehead atoms. The van der Waals surface area contributed by atoms with Crippen LogP contribution in [-0.4, -0.2) is 85.8 Å². The minimum Gasteiger partial charge on any atom is -0.378 e. The summed E-state index contributed by atoms with van der Waals surface area (Å²) in [5.74, 6) is -0.721. The van der Waals surface area contributed by atoms with Crippen LogP contribution in [0, 0.1) is 11.3 Å². The molecule has 2 aromatic rings. The molecule has 3 N–H and O–H groups in total. The van der Waals surface area contributed by atoms with Crippen molar-refractivity contribution in [3.8, 4) is 6.07 Å². The largest absolute Gasteiger partial charge is 0.378 e. The van der Waals surface area contributed by atoms with E-state index in [2.05, 4.69) is 24.0 Å². The molecule has 1 aliphatic carbocycles. The monoisotopic (exact) mass is 570 g/mol. The predicted molar refractivity (Wildman–Crippen MR) is 163 cm³/mol. The third-order valence-corrected chi connectivity index (χ3v) is 8.68. The van der Waals surface area contributed by atoms with Gasteiger partial charge in [0.05, 0.1) is 12.6 Å². The van der Waals surface area contributed by atoms with Crippen LogP contribution >= 0.6 is 0 Å². The van der Waals surface area contributed by atoms with Crippen LogP contribution in [0.1, 0.15) is 64.4 Å². The average molecular weight is 571 g/mol. The van der Waals surface area contributed by atoms with Gasteiger partial charge in [-0.1, -0.05) is 24.8 Å². The Morgan fingerprint density at radius 1 is 1.07 bits per heavy atom. The zero-order chi connectivity index (χ0) is 30.8. The van der Waals surface area contributed by atoms with Gasteiger partial charge in [0.15, 0.2) is 0 Å². The lowest BCUT2D eigenvalue weighted by Crippen LogP contribution is -2.49. The Morgan fingerprint density at radius 3 is 2.21 bits per heavy atom. The summed E-state index contributed by atoms with van der Waals surface area (Å²) in [7, 11) is 7.31. The number of amides is 3. The maximum Gasteiger partial charge on any atom is 0.253 e. The molecule has 1 heterocycles. The van der Waals surface area contributed by atoms with Crippen molar-refractivity contribution < 1.29 is 14.4 Å². The molecule has 0 saturated carbocycles. The Kier molecular flexibility index (Phi) is 9.07. The molecular weight excluding hydrogens is 528 g/mol. The van der Waals surface area contributed by atoms with Crippen LogP contribution in [-0.2, 0) is 27.8 Å². The normalized spacial score (nSPS) is 20.0. The number of nitrogens with two attached hydrogens (primary N) is 1. The van der Waals surface area contributed by atoms with Gasteiger partial charge in [-0.3, -0.25) is 14.4 Å². The van der Waals surface area contributed by atoms with E-state index in [1.807, 2.05) is 50.2 Å². The van der Waals surface area contributed by atoms with E-state index in [1.165, 1.54) is 4.90 Å². The van der Waals surface area contributed by atoms with E-state index in [0.717, 1.165) is 39.9 Å². The number of carbonyl (C=O) groups is 3. The minimum atomic E-state index is -1.20. The molecule has 3 atom stereocenters. The van der Waals surface area contributed by atoms with Crippen molar-refractivity contribution in [1.82, 2.24) is 20.0 Å². The summed E-state index contributed by atoms with van der Waals surface area (Å²) < 4.78 is 0. The quantitative estimate of drug-likeness (QED) is 0.478. The molecule has 0 radical (unpaired) electrons. The number of fused-ring (bicyclic) bond motifs is 2. The molecule has 0 aromatic heterocycles. The summed E-state index contributed by atoms with van der Waals surface area (Å²) in [4.78, 5) is 44.7. The molecule has 3 amide bonds. The summed E-state index contributed by atoms with van der Waals surface area (Å²) in [5.41, 5.74) is 11.1. The number of rotatable bonds is 9. The van der Waals surface area contributed by atoms with Gasteiger partial charge in [0.2, 0.25) is 11.8 Å². The van der Waals surface area contributed by atoms with E-state index in [1.54, 1.807) is 25.1 Å². The van der Waals surface area contributed by atoms with Crippen molar-refractivity contribution >= 4 is 23.4 Å². The SMILES string of the molecule is C=C(c1ccc2c(c1)CCc1cc(C(=O)N(C)C)ccc1C2(C[C@H](C)NCC(=O)N1CCCC1C#N)C(N)=O)N(C)C. The number of benzene rings is 2. The van der Waals surface area contributed by atoms with E-state index in [-0.39, 0.29) is 24.4 Å². The highest BCUT2D eigenvalue weighted by Gasteiger charge is 2.46. The third-order valence-electron chi connectivity index (χ3n) is 8.68. The van der Waals surface area contributed by atoms with Gasteiger partial charge in [0, 0.05) is 52.0 Å². The first-order chi connectivity index (χ1) is 19.9. The second-order valence-corrected chi connectivity index (χ2v) is 11.9. The standard InChI is InChI=1S/C33H42N6O3/c1-21(36-20-30(40)39-15-7-8-27(39)19-34)18-33(32(35)42)28-13-11-23(22(2)37(3)4)16-24(28)9-10-25-17-26(12-14-29(25)33)31(41)38(5)6/h11-14,16-17,21,27,36H,2,7-10,15,18,20H2,1,3-6H3,(H2,35,42)/t21-,27?,33?/m0/s1. The molecular formula is C33H42N6O3. The van der Waals surface area contributed by atoms with Crippen LogP contribution in [0.3, 0.4) is 0 Å². The lowest BCUT2D eigenvalue weighted by atomic mass is 9.68. The van der Waals surface area contributed by atoms with Gasteiger partial charge in [0.25, 0.3) is 5.91 Å². The van der Waals surface area contributed by atoms with E-state index < -0.39 is 17.4 Å². The van der Waals surface area contributed by atoms with Gasteiger partial charge < -0.3 is 25.8 Å². The van der Waals surface area contributed by atoms with Gasteiger partial charge in [-0.2, -0.15) is 5.26 Å². The molecule has 1 aliphatic heterocycles. The number of aryl methyl sites for hydroxylation is 2. The van der Waals surface area contributed by atoms with E-state index in [9.17, 15) is 19.6 Å². The third kappa shape index (κ3) is 5.77. The topological polar surface area (TPSA) is 123 Å². The smallest absolute Gasteiger partial charge is 0.253 e. The molecule has 4 rings (SSSR count). The number of primary amides is 1. The van der Waals surface area contributed by atoms with Gasteiger partial charge in [0.1, 0.15) is 11.5 Å². The molecule has 0 spiro atoms. The Labute approximate surface area is 248 Å². The zero-order valence-corrected chi connectivity index (χ0v) is 25.4. The maximum absolute atomic E-state index is 13.8. The zero-order valence-electron chi connectivity index (χ0n) is 25.4. The fourth-order valence-corrected chi connectivity index (χ4v) is 6.36. The number of likely N-dealkylation sites (tertiary alicyclic amines) is 1. The second kappa shape index (κ2) is 12.4. The van der Waals surface area contributed by atoms with Crippen molar-refractivity contribution in [2.24, 2.45) is 5.73 Å². The van der Waals surface area contributed by atoms with Crippen molar-refractivity contribution in [2.75, 3.05) is 41.3 Å². The van der Waals surface area contributed by atoms with Gasteiger partial charge in [-0.15, -0.1) is 0 Å². The van der Waals surface area contributed by atoms with Crippen LogP contribution in [0.25, 0.3) is 5.70 Å². The summed E-state index contributed by atoms with van der Waals surface area (Å²) in [6.07, 6.45) is 3.12. The predicted octanol–water partition coefficient (Wildman–Crippen LogP) is 2.67. The highest BCUT2D eigenvalue weighted by atomic mass is 16.2. The molecule has 42 heavy (non-hydrogen) atoms. The molecule has 1 fully saturated rings. The van der Waals surface area contributed by atoms with Gasteiger partial charge in [-0.25, -0.2) is 0 Å². The Balaban J connectivity index is 1.77. The van der Waals surface area contributed by atoms with E-state index >= 15 is 0 Å². The summed E-state index contributed by atoms with van der Waals surface area (Å²) in [5, 5.41) is 12.7. The van der Waals surface area contributed by atoms with Crippen LogP contribution in [0.2, 0.25) is 0 Å². The number of hydrogen-bond donors (Lipinski definition) is 2. The van der Waals surface area contributed by atoms with Crippen molar-refractivity contribution in [3.63, 3.8) is 0 Å². The maximum atomic E-state index is 13.8. The molecule has 2 aromatic carbocycles. The number of nitriles is 1. The van der Waals surface area contributed by atoms with Crippen LogP contribution < -0.4 is 11.1 Å². The number of carbonyl (C=O) groups excluding carboxylic acids is 3. The van der Waals surface area contributed by atoms with Crippen molar-refractivity contribution in [3.05, 3.63) is 76.4 Å². The first-order valence-corrected chi connectivity index (χ1v) is 14.5. The molecule has 1 saturated heterocycles. The lowest BCUT2D eigenvalue weighted by molar-refractivity contribution is -0.130. The Morgan fingerprint density at radius 2 is 1.67 bits per heavy atom. The first-order valence-electron chi connectivity index (χ1n) is 14.5. The van der Waals surface area contributed by atoms with E-state index in [0.29, 0.717) is 37.8 Å². The number of nitrogens with zero attached hydrogens (tertiary/aromatic N) is 4. The number of hydrogen-bond acceptors (Lipinski definition) is 6. The number of nitrogens with one attached hydrogen (secondary N) is 1. The van der Waals surface area contributed by atoms with E-state index in [4.69, 9.17) is 5.73 Å². The van der Waals surface area contributed by atoms with Crippen molar-refractivity contribution in [1.29, 1.82) is 5.26 Å². The van der Waals surface area contributed by atoms with Crippen LogP contribution in [0.15, 0.2) is 43.0 Å². The van der Waals surface area contributed by atoms with Crippen LogP contribution in [0.4, 0.5) is 0 Å².